The predicted molar refractivity (Wildman–Crippen MR) is 81.8 cm³/mol. The number of urea groups is 1. The molecule has 7 heteroatoms. The van der Waals surface area contributed by atoms with Crippen LogP contribution in [-0.4, -0.2) is 13.1 Å². The van der Waals surface area contributed by atoms with Crippen molar-refractivity contribution < 1.29 is 22.7 Å². The molecule has 0 radical (unpaired) electrons. The molecule has 4 nitrogen and oxygen atoms in total. The Morgan fingerprint density at radius 1 is 1.04 bits per heavy atom. The lowest BCUT2D eigenvalue weighted by Crippen LogP contribution is -2.20. The molecule has 0 saturated heterocycles. The number of benzene rings is 2. The van der Waals surface area contributed by atoms with Gasteiger partial charge < -0.3 is 15.4 Å². The molecule has 0 aliphatic rings. The van der Waals surface area contributed by atoms with Crippen LogP contribution in [0.5, 0.6) is 5.75 Å². The first-order chi connectivity index (χ1) is 10.8. The number of nitrogens with one attached hydrogen (secondary N) is 2. The number of carbonyl (C=O) groups is 1. The number of alkyl halides is 3. The monoisotopic (exact) mass is 324 g/mol. The highest BCUT2D eigenvalue weighted by atomic mass is 19.4. The maximum atomic E-state index is 12.8. The van der Waals surface area contributed by atoms with E-state index < -0.39 is 17.8 Å². The number of methoxy groups -OCH3 is 1. The second-order valence-corrected chi connectivity index (χ2v) is 4.86. The Kier molecular flexibility index (Phi) is 4.78. The number of carbonyl (C=O) groups excluding carboxylic acids is 1. The summed E-state index contributed by atoms with van der Waals surface area (Å²) in [6.45, 7) is 1.90. The zero-order valence-electron chi connectivity index (χ0n) is 12.5. The Balaban J connectivity index is 2.17. The summed E-state index contributed by atoms with van der Waals surface area (Å²) in [6, 6.07) is 9.21. The number of ether oxygens (including phenoxy) is 1. The fraction of sp³-hybridized carbons (Fsp3) is 0.188. The molecule has 0 spiro atoms. The van der Waals surface area contributed by atoms with Crippen LogP contribution < -0.4 is 15.4 Å². The molecule has 23 heavy (non-hydrogen) atoms. The highest BCUT2D eigenvalue weighted by Crippen LogP contribution is 2.34. The third-order valence-electron chi connectivity index (χ3n) is 3.08. The van der Waals surface area contributed by atoms with E-state index in [9.17, 15) is 18.0 Å². The fourth-order valence-electron chi connectivity index (χ4n) is 1.90. The van der Waals surface area contributed by atoms with Crippen molar-refractivity contribution >= 4 is 17.4 Å². The molecule has 0 bridgehead atoms. The molecule has 0 atom stereocenters. The van der Waals surface area contributed by atoms with E-state index >= 15 is 0 Å². The van der Waals surface area contributed by atoms with Gasteiger partial charge in [-0.25, -0.2) is 4.79 Å². The van der Waals surface area contributed by atoms with Crippen LogP contribution in [0, 0.1) is 6.92 Å². The molecule has 0 heterocycles. The van der Waals surface area contributed by atoms with Gasteiger partial charge in [0.15, 0.2) is 0 Å². The van der Waals surface area contributed by atoms with Crippen LogP contribution in [-0.2, 0) is 6.18 Å². The van der Waals surface area contributed by atoms with Crippen LogP contribution in [0.15, 0.2) is 42.5 Å². The van der Waals surface area contributed by atoms with Gasteiger partial charge in [-0.1, -0.05) is 17.7 Å². The molecule has 122 valence electrons. The first-order valence-electron chi connectivity index (χ1n) is 6.69. The molecule has 0 aromatic heterocycles. The van der Waals surface area contributed by atoms with Crippen molar-refractivity contribution in [3.63, 3.8) is 0 Å². The third-order valence-corrected chi connectivity index (χ3v) is 3.08. The Morgan fingerprint density at radius 3 is 2.26 bits per heavy atom. The van der Waals surface area contributed by atoms with Gasteiger partial charge in [0.1, 0.15) is 5.75 Å². The second-order valence-electron chi connectivity index (χ2n) is 4.86. The van der Waals surface area contributed by atoms with Crippen LogP contribution in [0.1, 0.15) is 11.1 Å². The number of aryl methyl sites for hydroxylation is 1. The molecule has 0 aliphatic heterocycles. The van der Waals surface area contributed by atoms with E-state index in [2.05, 4.69) is 10.6 Å². The minimum atomic E-state index is -4.50. The van der Waals surface area contributed by atoms with Crippen molar-refractivity contribution in [1.29, 1.82) is 0 Å². The third kappa shape index (κ3) is 4.38. The molecule has 0 aliphatic carbocycles. The highest BCUT2D eigenvalue weighted by Gasteiger charge is 2.31. The summed E-state index contributed by atoms with van der Waals surface area (Å²) in [5.74, 6) is 0.136. The second kappa shape index (κ2) is 6.60. The Morgan fingerprint density at radius 2 is 1.70 bits per heavy atom. The maximum Gasteiger partial charge on any atom is 0.416 e. The molecule has 2 aromatic carbocycles. The Labute approximate surface area is 131 Å². The van der Waals surface area contributed by atoms with Crippen LogP contribution >= 0.6 is 0 Å². The van der Waals surface area contributed by atoms with Gasteiger partial charge in [-0.2, -0.15) is 13.2 Å². The summed E-state index contributed by atoms with van der Waals surface area (Å²) < 4.78 is 43.2. The molecular weight excluding hydrogens is 309 g/mol. The summed E-state index contributed by atoms with van der Waals surface area (Å²) >= 11 is 0. The standard InChI is InChI=1S/C16H15F3N2O2/c1-10-3-6-12(7-4-10)20-15(22)21-13-9-11(16(17,18)19)5-8-14(13)23-2/h3-9H,1-2H3,(H2,20,21,22). The van der Waals surface area contributed by atoms with Crippen LogP contribution in [0.2, 0.25) is 0 Å². The largest absolute Gasteiger partial charge is 0.495 e. The quantitative estimate of drug-likeness (QED) is 0.862. The number of amides is 2. The zero-order valence-corrected chi connectivity index (χ0v) is 12.5. The number of hydrogen-bond donors (Lipinski definition) is 2. The predicted octanol–water partition coefficient (Wildman–Crippen LogP) is 4.67. The maximum absolute atomic E-state index is 12.8. The van der Waals surface area contributed by atoms with Gasteiger partial charge in [-0.05, 0) is 37.3 Å². The van der Waals surface area contributed by atoms with Crippen molar-refractivity contribution in [3.8, 4) is 5.75 Å². The Bertz CT molecular complexity index is 697. The van der Waals surface area contributed by atoms with Gasteiger partial charge in [0.05, 0.1) is 18.4 Å². The van der Waals surface area contributed by atoms with Crippen molar-refractivity contribution in [2.75, 3.05) is 17.7 Å². The molecule has 0 saturated carbocycles. The van der Waals surface area contributed by atoms with E-state index in [1.807, 2.05) is 6.92 Å². The van der Waals surface area contributed by atoms with Crippen LogP contribution in [0.3, 0.4) is 0 Å². The minimum absolute atomic E-state index is 0.0630. The van der Waals surface area contributed by atoms with E-state index in [-0.39, 0.29) is 11.4 Å². The SMILES string of the molecule is COc1ccc(C(F)(F)F)cc1NC(=O)Nc1ccc(C)cc1. The summed E-state index contributed by atoms with van der Waals surface area (Å²) in [6.07, 6.45) is -4.50. The van der Waals surface area contributed by atoms with Gasteiger partial charge >= 0.3 is 12.2 Å². The molecule has 2 N–H and O–H groups in total. The van der Waals surface area contributed by atoms with Gasteiger partial charge in [-0.15, -0.1) is 0 Å². The molecule has 2 amide bonds. The molecular formula is C16H15F3N2O2. The van der Waals surface area contributed by atoms with Crippen molar-refractivity contribution in [2.24, 2.45) is 0 Å². The lowest BCUT2D eigenvalue weighted by molar-refractivity contribution is -0.137. The number of anilines is 2. The van der Waals surface area contributed by atoms with Crippen LogP contribution in [0.4, 0.5) is 29.3 Å². The Hall–Kier alpha value is -2.70. The molecule has 2 rings (SSSR count). The van der Waals surface area contributed by atoms with Gasteiger partial charge in [-0.3, -0.25) is 0 Å². The van der Waals surface area contributed by atoms with Crippen LogP contribution in [0.25, 0.3) is 0 Å². The average Bonchev–Trinajstić information content (AvgIpc) is 2.48. The smallest absolute Gasteiger partial charge is 0.416 e. The van der Waals surface area contributed by atoms with Gasteiger partial charge in [0, 0.05) is 5.69 Å². The summed E-state index contributed by atoms with van der Waals surface area (Å²) in [4.78, 5) is 11.9. The minimum Gasteiger partial charge on any atom is -0.495 e. The molecule has 0 unspecified atom stereocenters. The van der Waals surface area contributed by atoms with E-state index in [0.29, 0.717) is 5.69 Å². The first kappa shape index (κ1) is 16.7. The van der Waals surface area contributed by atoms with Gasteiger partial charge in [0.2, 0.25) is 0 Å². The van der Waals surface area contributed by atoms with E-state index in [1.165, 1.54) is 7.11 Å². The lowest BCUT2D eigenvalue weighted by atomic mass is 10.2. The highest BCUT2D eigenvalue weighted by molar-refractivity contribution is 6.00. The first-order valence-corrected chi connectivity index (χ1v) is 6.69. The van der Waals surface area contributed by atoms with Gasteiger partial charge in [0.25, 0.3) is 0 Å². The molecule has 0 fully saturated rings. The summed E-state index contributed by atoms with van der Waals surface area (Å²) in [5, 5.41) is 4.90. The topological polar surface area (TPSA) is 50.4 Å². The fourth-order valence-corrected chi connectivity index (χ4v) is 1.90. The van der Waals surface area contributed by atoms with E-state index in [0.717, 1.165) is 23.8 Å². The van der Waals surface area contributed by atoms with Crippen molar-refractivity contribution in [3.05, 3.63) is 53.6 Å². The van der Waals surface area contributed by atoms with Crippen molar-refractivity contribution in [1.82, 2.24) is 0 Å². The normalized spacial score (nSPS) is 11.0. The van der Waals surface area contributed by atoms with Crippen molar-refractivity contribution in [2.45, 2.75) is 13.1 Å². The average molecular weight is 324 g/mol. The number of hydrogen-bond acceptors (Lipinski definition) is 2. The zero-order chi connectivity index (χ0) is 17.0. The molecule has 2 aromatic rings. The van der Waals surface area contributed by atoms with E-state index in [4.69, 9.17) is 4.74 Å². The summed E-state index contributed by atoms with van der Waals surface area (Å²) in [7, 11) is 1.31. The lowest BCUT2D eigenvalue weighted by Gasteiger charge is -2.14. The number of rotatable bonds is 3. The van der Waals surface area contributed by atoms with E-state index in [1.54, 1.807) is 24.3 Å². The number of halogens is 3. The summed E-state index contributed by atoms with van der Waals surface area (Å²) in [5.41, 5.74) is 0.616.